The van der Waals surface area contributed by atoms with Crippen LogP contribution < -0.4 is 0 Å². The highest BCUT2D eigenvalue weighted by Gasteiger charge is 2.38. The molecule has 6 heteroatoms. The summed E-state index contributed by atoms with van der Waals surface area (Å²) in [5.74, 6) is -0.691. The second-order valence-electron chi connectivity index (χ2n) is 6.23. The molecule has 3 rings (SSSR count). The first-order valence-corrected chi connectivity index (χ1v) is 8.53. The van der Waals surface area contributed by atoms with Gasteiger partial charge in [-0.15, -0.1) is 0 Å². The van der Waals surface area contributed by atoms with Crippen LogP contribution in [0.4, 0.5) is 9.18 Å². The van der Waals surface area contributed by atoms with E-state index in [0.717, 1.165) is 10.5 Å². The lowest BCUT2D eigenvalue weighted by molar-refractivity contribution is -0.129. The first kappa shape index (κ1) is 18.1. The summed E-state index contributed by atoms with van der Waals surface area (Å²) in [7, 11) is 0. The lowest BCUT2D eigenvalue weighted by Gasteiger charge is -2.20. The fourth-order valence-electron chi connectivity index (χ4n) is 3.04. The monoisotopic (exact) mass is 357 g/mol. The van der Waals surface area contributed by atoms with Crippen LogP contribution in [0, 0.1) is 5.82 Å². The van der Waals surface area contributed by atoms with Crippen LogP contribution in [0.25, 0.3) is 0 Å². The van der Waals surface area contributed by atoms with E-state index in [1.807, 2.05) is 30.3 Å². The minimum absolute atomic E-state index is 0.122. The molecule has 0 bridgehead atoms. The Bertz CT molecular complexity index is 763. The number of aliphatic hydroxyl groups is 1. The molecule has 2 amide bonds. The van der Waals surface area contributed by atoms with Crippen molar-refractivity contribution in [1.29, 1.82) is 0 Å². The van der Waals surface area contributed by atoms with Crippen molar-refractivity contribution in [3.05, 3.63) is 71.5 Å². The van der Waals surface area contributed by atoms with E-state index in [4.69, 9.17) is 4.74 Å². The quantitative estimate of drug-likeness (QED) is 0.855. The fourth-order valence-corrected chi connectivity index (χ4v) is 3.04. The van der Waals surface area contributed by atoms with Crippen LogP contribution in [0.15, 0.2) is 54.6 Å². The number of hydrogen-bond donors (Lipinski definition) is 1. The molecule has 0 aromatic heterocycles. The Morgan fingerprint density at radius 1 is 1.19 bits per heavy atom. The molecule has 0 aliphatic carbocycles. The summed E-state index contributed by atoms with van der Waals surface area (Å²) in [5, 5.41) is 10.1. The molecule has 1 aliphatic heterocycles. The predicted octanol–water partition coefficient (Wildman–Crippen LogP) is 3.75. The Morgan fingerprint density at radius 3 is 2.58 bits per heavy atom. The Balaban J connectivity index is 1.56. The average molecular weight is 357 g/mol. The summed E-state index contributed by atoms with van der Waals surface area (Å²) in [4.78, 5) is 25.6. The average Bonchev–Trinajstić information content (AvgIpc) is 3.04. The van der Waals surface area contributed by atoms with Crippen molar-refractivity contribution >= 4 is 12.0 Å². The Labute approximate surface area is 151 Å². The molecule has 1 N–H and O–H groups in total. The molecule has 136 valence electrons. The van der Waals surface area contributed by atoms with E-state index < -0.39 is 18.2 Å². The smallest absolute Gasteiger partial charge is 0.417 e. The van der Waals surface area contributed by atoms with Gasteiger partial charge in [0, 0.05) is 6.42 Å². The lowest BCUT2D eigenvalue weighted by Crippen LogP contribution is -2.34. The maximum atomic E-state index is 12.9. The van der Waals surface area contributed by atoms with E-state index in [-0.39, 0.29) is 24.8 Å². The van der Waals surface area contributed by atoms with Crippen molar-refractivity contribution in [2.75, 3.05) is 6.61 Å². The zero-order valence-corrected chi connectivity index (χ0v) is 14.2. The molecule has 2 aromatic carbocycles. The van der Waals surface area contributed by atoms with Gasteiger partial charge in [-0.2, -0.15) is 0 Å². The number of amides is 2. The summed E-state index contributed by atoms with van der Waals surface area (Å²) in [6.07, 6.45) is -0.544. The number of nitrogens with zero attached hydrogens (tertiary/aromatic N) is 1. The second-order valence-corrected chi connectivity index (χ2v) is 6.23. The van der Waals surface area contributed by atoms with Crippen LogP contribution in [-0.4, -0.2) is 28.6 Å². The number of ether oxygens (including phenoxy) is 1. The number of aliphatic hydroxyl groups excluding tert-OH is 1. The maximum Gasteiger partial charge on any atom is 0.417 e. The van der Waals surface area contributed by atoms with Crippen molar-refractivity contribution in [1.82, 2.24) is 4.90 Å². The van der Waals surface area contributed by atoms with Gasteiger partial charge in [0.05, 0.1) is 6.10 Å². The molecule has 0 radical (unpaired) electrons. The summed E-state index contributed by atoms with van der Waals surface area (Å²) in [6.45, 7) is 0.146. The normalized spacial score (nSPS) is 17.8. The lowest BCUT2D eigenvalue weighted by atomic mass is 10.0. The molecule has 26 heavy (non-hydrogen) atoms. The number of carbonyl (C=O) groups excluding carboxylic acids is 2. The van der Waals surface area contributed by atoms with E-state index in [1.165, 1.54) is 24.3 Å². The zero-order valence-electron chi connectivity index (χ0n) is 14.2. The van der Waals surface area contributed by atoms with E-state index in [0.29, 0.717) is 18.4 Å². The molecule has 1 fully saturated rings. The van der Waals surface area contributed by atoms with Gasteiger partial charge in [0.15, 0.2) is 0 Å². The van der Waals surface area contributed by atoms with Crippen molar-refractivity contribution in [3.8, 4) is 0 Å². The Hall–Kier alpha value is -2.73. The van der Waals surface area contributed by atoms with Gasteiger partial charge < -0.3 is 9.84 Å². The van der Waals surface area contributed by atoms with Gasteiger partial charge in [0.2, 0.25) is 5.91 Å². The highest BCUT2D eigenvalue weighted by atomic mass is 19.1. The van der Waals surface area contributed by atoms with E-state index in [1.54, 1.807) is 0 Å². The van der Waals surface area contributed by atoms with Crippen LogP contribution in [0.3, 0.4) is 0 Å². The topological polar surface area (TPSA) is 66.8 Å². The molecular formula is C20H20FNO4. The highest BCUT2D eigenvalue weighted by molar-refractivity contribution is 5.93. The second kappa shape index (κ2) is 8.10. The van der Waals surface area contributed by atoms with Crippen molar-refractivity contribution in [2.45, 2.75) is 31.4 Å². The fraction of sp³-hybridized carbons (Fsp3) is 0.300. The summed E-state index contributed by atoms with van der Waals surface area (Å²) < 4.78 is 18.0. The first-order chi connectivity index (χ1) is 12.6. The van der Waals surface area contributed by atoms with Crippen LogP contribution in [0.2, 0.25) is 0 Å². The molecule has 1 aliphatic rings. The molecule has 0 saturated carbocycles. The van der Waals surface area contributed by atoms with Gasteiger partial charge in [0.25, 0.3) is 0 Å². The number of hydrogen-bond acceptors (Lipinski definition) is 4. The third-order valence-corrected chi connectivity index (χ3v) is 4.45. The zero-order chi connectivity index (χ0) is 18.5. The van der Waals surface area contributed by atoms with Crippen LogP contribution in [-0.2, 0) is 9.53 Å². The highest BCUT2D eigenvalue weighted by Crippen LogP contribution is 2.29. The number of halogens is 1. The van der Waals surface area contributed by atoms with E-state index in [9.17, 15) is 19.1 Å². The number of benzene rings is 2. The summed E-state index contributed by atoms with van der Waals surface area (Å²) in [5.41, 5.74) is 1.44. The molecular weight excluding hydrogens is 337 g/mol. The SMILES string of the molecule is O=C(CCC[C@@H](O)c1ccc(F)cc1)N1C(=O)OC[C@@H]1c1ccccc1. The summed E-state index contributed by atoms with van der Waals surface area (Å²) >= 11 is 0. The number of imide groups is 1. The van der Waals surface area contributed by atoms with Gasteiger partial charge in [-0.05, 0) is 36.1 Å². The Kier molecular flexibility index (Phi) is 5.63. The molecule has 2 atom stereocenters. The van der Waals surface area contributed by atoms with Gasteiger partial charge >= 0.3 is 6.09 Å². The minimum Gasteiger partial charge on any atom is -0.446 e. The van der Waals surface area contributed by atoms with Crippen LogP contribution in [0.1, 0.15) is 42.5 Å². The van der Waals surface area contributed by atoms with Crippen LogP contribution >= 0.6 is 0 Å². The van der Waals surface area contributed by atoms with Crippen molar-refractivity contribution in [2.24, 2.45) is 0 Å². The number of cyclic esters (lactones) is 1. The van der Waals surface area contributed by atoms with E-state index >= 15 is 0 Å². The van der Waals surface area contributed by atoms with E-state index in [2.05, 4.69) is 0 Å². The van der Waals surface area contributed by atoms with Gasteiger partial charge in [0.1, 0.15) is 18.5 Å². The minimum atomic E-state index is -0.779. The molecule has 1 heterocycles. The number of rotatable bonds is 6. The van der Waals surface area contributed by atoms with Crippen molar-refractivity contribution in [3.63, 3.8) is 0 Å². The third kappa shape index (κ3) is 4.08. The van der Waals surface area contributed by atoms with Crippen LogP contribution in [0.5, 0.6) is 0 Å². The Morgan fingerprint density at radius 2 is 1.88 bits per heavy atom. The summed E-state index contributed by atoms with van der Waals surface area (Å²) in [6, 6.07) is 14.5. The molecule has 2 aromatic rings. The van der Waals surface area contributed by atoms with Gasteiger partial charge in [-0.25, -0.2) is 14.1 Å². The molecule has 5 nitrogen and oxygen atoms in total. The number of carbonyl (C=O) groups is 2. The van der Waals surface area contributed by atoms with Gasteiger partial charge in [-0.1, -0.05) is 42.5 Å². The maximum absolute atomic E-state index is 12.9. The standard InChI is InChI=1S/C20H20FNO4/c21-16-11-9-15(10-12-16)18(23)7-4-8-19(24)22-17(13-26-20(22)25)14-5-2-1-3-6-14/h1-3,5-6,9-12,17-18,23H,4,7-8,13H2/t17-,18-/m1/s1. The predicted molar refractivity (Wildman–Crippen MR) is 92.6 cm³/mol. The van der Waals surface area contributed by atoms with Gasteiger partial charge in [-0.3, -0.25) is 4.79 Å². The first-order valence-electron chi connectivity index (χ1n) is 8.53. The molecule has 1 saturated heterocycles. The molecule has 0 unspecified atom stereocenters. The molecule has 0 spiro atoms. The van der Waals surface area contributed by atoms with Crippen molar-refractivity contribution < 1.29 is 23.8 Å². The largest absolute Gasteiger partial charge is 0.446 e. The third-order valence-electron chi connectivity index (χ3n) is 4.45.